The number of nitrogens with zero attached hydrogens (tertiary/aromatic N) is 4. The fraction of sp³-hybridized carbons (Fsp3) is 0.842. The van der Waals surface area contributed by atoms with Crippen molar-refractivity contribution in [2.45, 2.75) is 180 Å². The topological polar surface area (TPSA) is 210 Å². The largest absolute Gasteiger partial charge is 0.448 e. The molecule has 2 aliphatic rings. The van der Waals surface area contributed by atoms with Gasteiger partial charge in [-0.15, -0.1) is 0 Å². The lowest BCUT2D eigenvalue weighted by atomic mass is 9.79. The quantitative estimate of drug-likeness (QED) is 0.0611. The second kappa shape index (κ2) is 20.0. The van der Waals surface area contributed by atoms with Crippen LogP contribution in [0.1, 0.15) is 145 Å². The van der Waals surface area contributed by atoms with Crippen LogP contribution >= 0.6 is 0 Å². The zero-order valence-electron chi connectivity index (χ0n) is 34.7. The maximum Gasteiger partial charge on any atom is 0.431 e. The molecular weight excluding hydrogens is 696 g/mol. The molecule has 2 saturated heterocycles. The van der Waals surface area contributed by atoms with Gasteiger partial charge in [0.15, 0.2) is 0 Å². The number of nitrogens with one attached hydrogen (secondary N) is 2. The molecule has 16 heteroatoms. The van der Waals surface area contributed by atoms with Gasteiger partial charge in [0.1, 0.15) is 0 Å². The molecule has 0 aromatic heterocycles. The number of amides is 6. The van der Waals surface area contributed by atoms with Crippen molar-refractivity contribution in [2.75, 3.05) is 27.3 Å². The number of piperidine rings is 2. The number of carbonyl (C=O) groups is 6. The van der Waals surface area contributed by atoms with Crippen LogP contribution in [-0.4, -0.2) is 117 Å². The van der Waals surface area contributed by atoms with E-state index >= 15 is 0 Å². The second-order valence-electron chi connectivity index (χ2n) is 17.9. The lowest BCUT2D eigenvalue weighted by Crippen LogP contribution is -2.63. The van der Waals surface area contributed by atoms with Gasteiger partial charge in [-0.05, 0) is 93.9 Å². The first-order valence-corrected chi connectivity index (χ1v) is 19.5. The highest BCUT2D eigenvalue weighted by molar-refractivity contribution is 6.37. The van der Waals surface area contributed by atoms with E-state index in [0.29, 0.717) is 38.5 Å². The van der Waals surface area contributed by atoms with Crippen molar-refractivity contribution in [2.24, 2.45) is 11.7 Å². The average Bonchev–Trinajstić information content (AvgIpc) is 3.06. The lowest BCUT2D eigenvalue weighted by Gasteiger charge is -2.48. The van der Waals surface area contributed by atoms with Crippen molar-refractivity contribution in [3.8, 4) is 0 Å². The molecule has 0 aromatic carbocycles. The number of unbranched alkanes of at least 4 members (excludes halogenated alkanes) is 9. The molecule has 6 amide bonds. The third-order valence-corrected chi connectivity index (χ3v) is 10.3. The zero-order valence-corrected chi connectivity index (χ0v) is 34.7. The van der Waals surface area contributed by atoms with Gasteiger partial charge >= 0.3 is 35.8 Å². The number of likely N-dealkylation sites (N-methyl/N-ethyl adjacent to an activating group) is 2. The molecule has 54 heavy (non-hydrogen) atoms. The van der Waals surface area contributed by atoms with Gasteiger partial charge in [0.2, 0.25) is 0 Å². The Bertz CT molecular complexity index is 1190. The van der Waals surface area contributed by atoms with E-state index in [4.69, 9.17) is 21.2 Å². The van der Waals surface area contributed by atoms with E-state index in [9.17, 15) is 28.8 Å². The first-order chi connectivity index (χ1) is 24.9. The summed E-state index contributed by atoms with van der Waals surface area (Å²) in [6, 6.07) is -0.371. The maximum atomic E-state index is 12.8. The fourth-order valence-electron chi connectivity index (χ4n) is 8.17. The molecule has 2 aliphatic heterocycles. The van der Waals surface area contributed by atoms with Crippen LogP contribution in [0.25, 0.3) is 0 Å². The highest BCUT2D eigenvalue weighted by atomic mass is 16.6. The van der Waals surface area contributed by atoms with Crippen LogP contribution in [0.5, 0.6) is 0 Å². The summed E-state index contributed by atoms with van der Waals surface area (Å²) in [5.41, 5.74) is -0.900. The number of hydrazine groups is 2. The van der Waals surface area contributed by atoms with Gasteiger partial charge in [0.05, 0.1) is 13.2 Å². The molecule has 2 fully saturated rings. The summed E-state index contributed by atoms with van der Waals surface area (Å²) in [4.78, 5) is 78.4. The van der Waals surface area contributed by atoms with Crippen LogP contribution in [0.2, 0.25) is 0 Å². The van der Waals surface area contributed by atoms with Gasteiger partial charge in [-0.25, -0.2) is 21.3 Å². The predicted molar refractivity (Wildman–Crippen MR) is 205 cm³/mol. The summed E-state index contributed by atoms with van der Waals surface area (Å²) in [6.07, 6.45) is 9.54. The minimum atomic E-state index is -1.12. The third-order valence-electron chi connectivity index (χ3n) is 10.3. The van der Waals surface area contributed by atoms with Crippen LogP contribution in [0.4, 0.5) is 9.59 Å². The van der Waals surface area contributed by atoms with E-state index in [1.54, 1.807) is 14.1 Å². The van der Waals surface area contributed by atoms with E-state index in [1.165, 1.54) is 9.80 Å². The van der Waals surface area contributed by atoms with Crippen LogP contribution in [-0.2, 0) is 28.7 Å². The van der Waals surface area contributed by atoms with E-state index < -0.39 is 35.8 Å². The Morgan fingerprint density at radius 2 is 0.722 bits per heavy atom. The first-order valence-electron chi connectivity index (χ1n) is 19.5. The highest BCUT2D eigenvalue weighted by Crippen LogP contribution is 2.32. The predicted octanol–water partition coefficient (Wildman–Crippen LogP) is 4.10. The number of nitrogens with two attached hydrogens (primary N) is 2. The van der Waals surface area contributed by atoms with Crippen molar-refractivity contribution in [3.63, 3.8) is 0 Å². The van der Waals surface area contributed by atoms with E-state index in [2.05, 4.69) is 10.6 Å². The van der Waals surface area contributed by atoms with Crippen LogP contribution in [0, 0.1) is 0 Å². The second-order valence-corrected chi connectivity index (χ2v) is 17.9. The Morgan fingerprint density at radius 1 is 0.481 bits per heavy atom. The van der Waals surface area contributed by atoms with Crippen molar-refractivity contribution in [3.05, 3.63) is 0 Å². The van der Waals surface area contributed by atoms with Gasteiger partial charge in [0, 0.05) is 48.3 Å². The van der Waals surface area contributed by atoms with Gasteiger partial charge in [0.25, 0.3) is 0 Å². The van der Waals surface area contributed by atoms with Gasteiger partial charge < -0.3 is 29.9 Å². The van der Waals surface area contributed by atoms with Gasteiger partial charge in [-0.2, -0.15) is 10.0 Å². The molecule has 0 radical (unpaired) electrons. The summed E-state index contributed by atoms with van der Waals surface area (Å²) < 4.78 is 10.3. The molecule has 0 aromatic rings. The van der Waals surface area contributed by atoms with Crippen molar-refractivity contribution >= 4 is 35.8 Å². The molecule has 0 unspecified atom stereocenters. The van der Waals surface area contributed by atoms with E-state index in [1.807, 2.05) is 55.4 Å². The number of hydrogen-bond acceptors (Lipinski definition) is 12. The molecule has 0 spiro atoms. The first kappa shape index (κ1) is 46.8. The van der Waals surface area contributed by atoms with E-state index in [0.717, 1.165) is 51.4 Å². The molecule has 16 nitrogen and oxygen atoms in total. The standard InChI is InChI=1S/C38H70N8O8/c1-35(2)23-27(24-36(3,4)41-35)43(9)29(47)31(49)45(39)33(51)53-21-19-17-15-13-11-12-14-16-18-20-22-54-34(52)46(40)32(50)30(48)44(10)28-25-37(5,6)42-38(7,8)26-28/h27-28,41-42H,11-26,39-40H2,1-10H3. The Hall–Kier alpha value is -3.34. The molecule has 0 saturated carbocycles. The third kappa shape index (κ3) is 15.1. The van der Waals surface area contributed by atoms with Crippen LogP contribution in [0.3, 0.4) is 0 Å². The number of carbonyl (C=O) groups excluding carboxylic acids is 6. The Kier molecular flexibility index (Phi) is 17.3. The summed E-state index contributed by atoms with van der Waals surface area (Å²) in [5, 5.41) is 7.60. The average molecular weight is 767 g/mol. The maximum absolute atomic E-state index is 12.8. The molecule has 0 bridgehead atoms. The number of hydrogen-bond donors (Lipinski definition) is 4. The number of ether oxygens (including phenoxy) is 2. The molecule has 0 aliphatic carbocycles. The van der Waals surface area contributed by atoms with Crippen molar-refractivity contribution in [1.82, 2.24) is 30.5 Å². The number of imide groups is 2. The summed E-state index contributed by atoms with van der Waals surface area (Å²) in [7, 11) is 3.12. The molecular formula is C38H70N8O8. The monoisotopic (exact) mass is 767 g/mol. The SMILES string of the molecule is CN(C(=O)C(=O)N(N)C(=O)OCCCCCCCCCCCCOC(=O)N(N)C(=O)C(=O)N(C)C1CC(C)(C)NC(C)(C)C1)C1CC(C)(C)NC(C)(C)C1. The lowest BCUT2D eigenvalue weighted by molar-refractivity contribution is -0.152. The Morgan fingerprint density at radius 3 is 0.981 bits per heavy atom. The fourth-order valence-corrected chi connectivity index (χ4v) is 8.17. The summed E-state index contributed by atoms with van der Waals surface area (Å²) >= 11 is 0. The van der Waals surface area contributed by atoms with Crippen molar-refractivity contribution < 1.29 is 38.2 Å². The molecule has 6 N–H and O–H groups in total. The van der Waals surface area contributed by atoms with Crippen molar-refractivity contribution in [1.29, 1.82) is 0 Å². The van der Waals surface area contributed by atoms with Gasteiger partial charge in [-0.1, -0.05) is 51.4 Å². The molecule has 0 atom stereocenters. The van der Waals surface area contributed by atoms with Gasteiger partial charge in [-0.3, -0.25) is 19.2 Å². The van der Waals surface area contributed by atoms with Crippen LogP contribution < -0.4 is 22.3 Å². The zero-order chi connectivity index (χ0) is 41.1. The number of rotatable bonds is 15. The van der Waals surface area contributed by atoms with Crippen LogP contribution in [0.15, 0.2) is 0 Å². The normalized spacial score (nSPS) is 19.0. The Balaban J connectivity index is 1.51. The summed E-state index contributed by atoms with van der Waals surface area (Å²) in [6.45, 7) is 16.6. The highest BCUT2D eigenvalue weighted by Gasteiger charge is 2.43. The molecule has 2 heterocycles. The Labute approximate surface area is 322 Å². The smallest absolute Gasteiger partial charge is 0.431 e. The van der Waals surface area contributed by atoms with E-state index in [-0.39, 0.29) is 57.5 Å². The minimum absolute atomic E-state index is 0.101. The molecule has 310 valence electrons. The minimum Gasteiger partial charge on any atom is -0.448 e. The molecule has 2 rings (SSSR count). The summed E-state index contributed by atoms with van der Waals surface area (Å²) in [5.74, 6) is 7.40.